The molecule has 4 heteroatoms. The van der Waals surface area contributed by atoms with Crippen molar-refractivity contribution in [3.63, 3.8) is 0 Å². The topological polar surface area (TPSA) is 29.5 Å². The summed E-state index contributed by atoms with van der Waals surface area (Å²) in [7, 11) is 3.46. The number of hydrogen-bond donors (Lipinski definition) is 0. The highest BCUT2D eigenvalue weighted by molar-refractivity contribution is 7.98. The van der Waals surface area contributed by atoms with Gasteiger partial charge in [-0.2, -0.15) is 11.8 Å². The molecule has 1 amide bonds. The van der Waals surface area contributed by atoms with Gasteiger partial charge >= 0.3 is 0 Å². The highest BCUT2D eigenvalue weighted by atomic mass is 32.2. The van der Waals surface area contributed by atoms with Crippen LogP contribution in [0.4, 0.5) is 0 Å². The monoisotopic (exact) mass is 205 g/mol. The normalized spacial score (nSPS) is 11.5. The molecule has 0 radical (unpaired) electrons. The zero-order valence-electron chi connectivity index (χ0n) is 9.09. The summed E-state index contributed by atoms with van der Waals surface area (Å²) >= 11 is 1.72. The molecule has 0 atom stereocenters. The van der Waals surface area contributed by atoms with E-state index < -0.39 is 0 Å². The van der Waals surface area contributed by atoms with E-state index >= 15 is 0 Å². The zero-order valence-corrected chi connectivity index (χ0v) is 9.90. The van der Waals surface area contributed by atoms with Crippen molar-refractivity contribution in [1.82, 2.24) is 4.90 Å². The molecule has 0 spiro atoms. The van der Waals surface area contributed by atoms with Crippen molar-refractivity contribution >= 4 is 17.7 Å². The van der Waals surface area contributed by atoms with Crippen molar-refractivity contribution in [3.05, 3.63) is 0 Å². The number of amides is 1. The Morgan fingerprint density at radius 2 is 2.00 bits per heavy atom. The first-order chi connectivity index (χ1) is 5.89. The van der Waals surface area contributed by atoms with E-state index in [9.17, 15) is 4.79 Å². The fraction of sp³-hybridized carbons (Fsp3) is 0.889. The quantitative estimate of drug-likeness (QED) is 0.676. The lowest BCUT2D eigenvalue weighted by Gasteiger charge is -2.24. The van der Waals surface area contributed by atoms with E-state index in [-0.39, 0.29) is 18.1 Å². The number of hydrogen-bond acceptors (Lipinski definition) is 3. The Kier molecular flexibility index (Phi) is 5.40. The highest BCUT2D eigenvalue weighted by Crippen LogP contribution is 2.14. The van der Waals surface area contributed by atoms with Gasteiger partial charge in [-0.15, -0.1) is 0 Å². The van der Waals surface area contributed by atoms with Crippen LogP contribution in [-0.4, -0.2) is 49.1 Å². The summed E-state index contributed by atoms with van der Waals surface area (Å²) in [6.45, 7) is 4.15. The summed E-state index contributed by atoms with van der Waals surface area (Å²) in [4.78, 5) is 12.7. The van der Waals surface area contributed by atoms with E-state index in [0.717, 1.165) is 5.75 Å². The number of rotatable bonds is 5. The van der Waals surface area contributed by atoms with Gasteiger partial charge in [0.05, 0.1) is 5.60 Å². The average Bonchev–Trinajstić information content (AvgIpc) is 2.00. The van der Waals surface area contributed by atoms with Crippen LogP contribution >= 0.6 is 11.8 Å². The van der Waals surface area contributed by atoms with Crippen molar-refractivity contribution in [2.75, 3.05) is 32.7 Å². The van der Waals surface area contributed by atoms with Crippen molar-refractivity contribution in [3.8, 4) is 0 Å². The Hall–Kier alpha value is -0.220. The molecule has 0 unspecified atom stereocenters. The van der Waals surface area contributed by atoms with Gasteiger partial charge in [0.15, 0.2) is 0 Å². The van der Waals surface area contributed by atoms with Crippen LogP contribution in [0.15, 0.2) is 0 Å². The Morgan fingerprint density at radius 3 is 2.38 bits per heavy atom. The van der Waals surface area contributed by atoms with Crippen LogP contribution in [0.1, 0.15) is 13.8 Å². The molecule has 78 valence electrons. The lowest BCUT2D eigenvalue weighted by Crippen LogP contribution is -2.34. The predicted octanol–water partition coefficient (Wildman–Crippen LogP) is 1.23. The second-order valence-corrected chi connectivity index (χ2v) is 4.64. The van der Waals surface area contributed by atoms with Gasteiger partial charge in [0.2, 0.25) is 5.91 Å². The van der Waals surface area contributed by atoms with E-state index in [4.69, 9.17) is 4.74 Å². The number of carbonyl (C=O) groups is 1. The number of carbonyl (C=O) groups excluding carboxylic acids is 1. The first-order valence-electron chi connectivity index (χ1n) is 4.22. The first kappa shape index (κ1) is 12.8. The standard InChI is InChI=1S/C9H19NO2S/c1-9(2,7-13-5)12-6-8(11)10(3)4/h6-7H2,1-5H3. The minimum absolute atomic E-state index is 0.00850. The van der Waals surface area contributed by atoms with Crippen LogP contribution in [0, 0.1) is 0 Å². The van der Waals surface area contributed by atoms with Crippen LogP contribution in [0.5, 0.6) is 0 Å². The molecule has 0 heterocycles. The lowest BCUT2D eigenvalue weighted by atomic mass is 10.2. The third-order valence-electron chi connectivity index (χ3n) is 1.58. The Balaban J connectivity index is 3.80. The summed E-state index contributed by atoms with van der Waals surface area (Å²) in [5, 5.41) is 0. The third-order valence-corrected chi connectivity index (χ3v) is 2.56. The molecular formula is C9H19NO2S. The third kappa shape index (κ3) is 5.93. The molecular weight excluding hydrogens is 186 g/mol. The van der Waals surface area contributed by atoms with Gasteiger partial charge in [0, 0.05) is 19.8 Å². The van der Waals surface area contributed by atoms with Crippen LogP contribution in [0.3, 0.4) is 0 Å². The molecule has 0 fully saturated rings. The number of ether oxygens (including phenoxy) is 1. The van der Waals surface area contributed by atoms with Crippen molar-refractivity contribution in [2.45, 2.75) is 19.4 Å². The fourth-order valence-corrected chi connectivity index (χ4v) is 1.55. The van der Waals surface area contributed by atoms with E-state index in [2.05, 4.69) is 0 Å². The summed E-state index contributed by atoms with van der Waals surface area (Å²) < 4.78 is 5.48. The van der Waals surface area contributed by atoms with E-state index in [0.29, 0.717) is 0 Å². The highest BCUT2D eigenvalue weighted by Gasteiger charge is 2.19. The second kappa shape index (κ2) is 5.50. The molecule has 0 aliphatic carbocycles. The molecule has 0 saturated heterocycles. The number of nitrogens with zero attached hydrogens (tertiary/aromatic N) is 1. The molecule has 3 nitrogen and oxygen atoms in total. The molecule has 13 heavy (non-hydrogen) atoms. The molecule has 0 N–H and O–H groups in total. The number of thioether (sulfide) groups is 1. The number of likely N-dealkylation sites (N-methyl/N-ethyl adjacent to an activating group) is 1. The largest absolute Gasteiger partial charge is 0.365 e. The van der Waals surface area contributed by atoms with Gasteiger partial charge in [-0.1, -0.05) is 0 Å². The Bertz CT molecular complexity index is 169. The maximum atomic E-state index is 11.2. The molecule has 0 aliphatic rings. The molecule has 0 aromatic heterocycles. The van der Waals surface area contributed by atoms with Crippen molar-refractivity contribution in [1.29, 1.82) is 0 Å². The summed E-state index contributed by atoms with van der Waals surface area (Å²) in [5.41, 5.74) is -0.217. The van der Waals surface area contributed by atoms with Crippen molar-refractivity contribution in [2.24, 2.45) is 0 Å². The van der Waals surface area contributed by atoms with E-state index in [1.165, 1.54) is 4.90 Å². The average molecular weight is 205 g/mol. The smallest absolute Gasteiger partial charge is 0.248 e. The SMILES string of the molecule is CSCC(C)(C)OCC(=O)N(C)C. The minimum atomic E-state index is -0.217. The molecule has 0 aliphatic heterocycles. The summed E-state index contributed by atoms with van der Waals surface area (Å²) in [6, 6.07) is 0. The van der Waals surface area contributed by atoms with Gasteiger partial charge < -0.3 is 9.64 Å². The second-order valence-electron chi connectivity index (χ2n) is 3.77. The lowest BCUT2D eigenvalue weighted by molar-refractivity contribution is -0.138. The van der Waals surface area contributed by atoms with Crippen LogP contribution in [-0.2, 0) is 9.53 Å². The fourth-order valence-electron chi connectivity index (χ4n) is 0.775. The van der Waals surface area contributed by atoms with Crippen molar-refractivity contribution < 1.29 is 9.53 Å². The van der Waals surface area contributed by atoms with Crippen LogP contribution in [0.25, 0.3) is 0 Å². The molecule has 0 aromatic rings. The molecule has 0 aromatic carbocycles. The zero-order chi connectivity index (χ0) is 10.5. The van der Waals surface area contributed by atoms with Gasteiger partial charge in [-0.3, -0.25) is 4.79 Å². The molecule has 0 rings (SSSR count). The van der Waals surface area contributed by atoms with Crippen LogP contribution in [0.2, 0.25) is 0 Å². The van der Waals surface area contributed by atoms with Gasteiger partial charge in [0.25, 0.3) is 0 Å². The minimum Gasteiger partial charge on any atom is -0.365 e. The Labute approximate surface area is 84.8 Å². The molecule has 0 saturated carbocycles. The van der Waals surface area contributed by atoms with Crippen LogP contribution < -0.4 is 0 Å². The maximum absolute atomic E-state index is 11.2. The summed E-state index contributed by atoms with van der Waals surface area (Å²) in [6.07, 6.45) is 2.03. The maximum Gasteiger partial charge on any atom is 0.248 e. The van der Waals surface area contributed by atoms with Gasteiger partial charge in [-0.25, -0.2) is 0 Å². The first-order valence-corrected chi connectivity index (χ1v) is 5.61. The van der Waals surface area contributed by atoms with Gasteiger partial charge in [-0.05, 0) is 20.1 Å². The van der Waals surface area contributed by atoms with Gasteiger partial charge in [0.1, 0.15) is 6.61 Å². The molecule has 0 bridgehead atoms. The van der Waals surface area contributed by atoms with E-state index in [1.807, 2.05) is 20.1 Å². The predicted molar refractivity (Wildman–Crippen MR) is 57.1 cm³/mol. The summed E-state index contributed by atoms with van der Waals surface area (Å²) in [5.74, 6) is 0.905. The van der Waals surface area contributed by atoms with E-state index in [1.54, 1.807) is 25.9 Å². The Morgan fingerprint density at radius 1 is 1.46 bits per heavy atom.